The van der Waals surface area contributed by atoms with Crippen molar-refractivity contribution >= 4 is 6.08 Å². The lowest BCUT2D eigenvalue weighted by Gasteiger charge is -2.20. The van der Waals surface area contributed by atoms with E-state index in [-0.39, 0.29) is 0 Å². The molecule has 0 spiro atoms. The first kappa shape index (κ1) is 16.4. The summed E-state index contributed by atoms with van der Waals surface area (Å²) in [5.74, 6) is 2.57. The lowest BCUT2D eigenvalue weighted by Crippen LogP contribution is -2.19. The number of hydrogen-bond donors (Lipinski definition) is 0. The molecule has 1 aliphatic rings. The fraction of sp³-hybridized carbons (Fsp3) is 0.300. The van der Waals surface area contributed by atoms with Crippen LogP contribution in [0.2, 0.25) is 0 Å². The van der Waals surface area contributed by atoms with Crippen molar-refractivity contribution in [2.24, 2.45) is 0 Å². The van der Waals surface area contributed by atoms with Gasteiger partial charge in [0.2, 0.25) is 0 Å². The number of nitrogens with zero attached hydrogens (tertiary/aromatic N) is 1. The van der Waals surface area contributed by atoms with Crippen molar-refractivity contribution in [1.82, 2.24) is 4.90 Å². The van der Waals surface area contributed by atoms with Gasteiger partial charge in [-0.25, -0.2) is 0 Å². The van der Waals surface area contributed by atoms with E-state index in [1.165, 1.54) is 5.56 Å². The first-order valence-electron chi connectivity index (χ1n) is 8.13. The Kier molecular flexibility index (Phi) is 5.39. The predicted octanol–water partition coefficient (Wildman–Crippen LogP) is 3.61. The van der Waals surface area contributed by atoms with Crippen LogP contribution in [0.3, 0.4) is 0 Å². The molecule has 0 N–H and O–H groups in total. The lowest BCUT2D eigenvalue weighted by molar-refractivity contribution is 0.171. The van der Waals surface area contributed by atoms with Gasteiger partial charge in [-0.3, -0.25) is 4.90 Å². The van der Waals surface area contributed by atoms with Gasteiger partial charge in [0.25, 0.3) is 0 Å². The SMILES string of the molecule is COc1ccccc1/C=C/CN(C)Cc1ccc2c(c1)OCCO2. The van der Waals surface area contributed by atoms with E-state index in [2.05, 4.69) is 42.3 Å². The minimum Gasteiger partial charge on any atom is -0.496 e. The summed E-state index contributed by atoms with van der Waals surface area (Å²) in [7, 11) is 3.80. The van der Waals surface area contributed by atoms with Crippen LogP contribution in [0.1, 0.15) is 11.1 Å². The summed E-state index contributed by atoms with van der Waals surface area (Å²) >= 11 is 0. The summed E-state index contributed by atoms with van der Waals surface area (Å²) in [5, 5.41) is 0. The van der Waals surface area contributed by atoms with Crippen LogP contribution >= 0.6 is 0 Å². The Morgan fingerprint density at radius 3 is 2.71 bits per heavy atom. The molecule has 0 saturated carbocycles. The highest BCUT2D eigenvalue weighted by Gasteiger charge is 2.12. The maximum absolute atomic E-state index is 5.64. The second-order valence-corrected chi connectivity index (χ2v) is 5.82. The Hall–Kier alpha value is -2.46. The van der Waals surface area contributed by atoms with Crippen molar-refractivity contribution in [3.05, 3.63) is 59.7 Å². The van der Waals surface area contributed by atoms with E-state index in [1.807, 2.05) is 24.3 Å². The molecule has 0 saturated heterocycles. The van der Waals surface area contributed by atoms with Gasteiger partial charge in [0.05, 0.1) is 7.11 Å². The molecule has 3 rings (SSSR count). The van der Waals surface area contributed by atoms with E-state index >= 15 is 0 Å². The molecule has 0 unspecified atom stereocenters. The summed E-state index contributed by atoms with van der Waals surface area (Å²) in [5.41, 5.74) is 2.31. The Labute approximate surface area is 143 Å². The first-order chi connectivity index (χ1) is 11.8. The number of rotatable bonds is 6. The van der Waals surface area contributed by atoms with Crippen LogP contribution < -0.4 is 14.2 Å². The average molecular weight is 325 g/mol. The highest BCUT2D eigenvalue weighted by molar-refractivity contribution is 5.57. The van der Waals surface area contributed by atoms with Crippen molar-refractivity contribution in [3.8, 4) is 17.2 Å². The number of para-hydroxylation sites is 1. The Morgan fingerprint density at radius 2 is 1.88 bits per heavy atom. The molecule has 4 nitrogen and oxygen atoms in total. The number of ether oxygens (including phenoxy) is 3. The monoisotopic (exact) mass is 325 g/mol. The number of fused-ring (bicyclic) bond motifs is 1. The van der Waals surface area contributed by atoms with Gasteiger partial charge in [0, 0.05) is 18.7 Å². The Morgan fingerprint density at radius 1 is 1.08 bits per heavy atom. The van der Waals surface area contributed by atoms with Crippen LogP contribution in [-0.2, 0) is 6.54 Å². The van der Waals surface area contributed by atoms with Crippen LogP contribution in [0.5, 0.6) is 17.2 Å². The Bertz CT molecular complexity index is 712. The van der Waals surface area contributed by atoms with Crippen LogP contribution in [0.4, 0.5) is 0 Å². The molecule has 1 aliphatic heterocycles. The molecule has 0 atom stereocenters. The molecular weight excluding hydrogens is 302 g/mol. The van der Waals surface area contributed by atoms with E-state index < -0.39 is 0 Å². The average Bonchev–Trinajstić information content (AvgIpc) is 2.62. The molecule has 0 amide bonds. The normalized spacial score (nSPS) is 13.5. The molecule has 0 bridgehead atoms. The summed E-state index contributed by atoms with van der Waals surface area (Å²) in [6, 6.07) is 14.2. The number of methoxy groups -OCH3 is 1. The third-order valence-corrected chi connectivity index (χ3v) is 3.91. The van der Waals surface area contributed by atoms with E-state index in [9.17, 15) is 0 Å². The highest BCUT2D eigenvalue weighted by Crippen LogP contribution is 2.31. The van der Waals surface area contributed by atoms with E-state index in [1.54, 1.807) is 7.11 Å². The van der Waals surface area contributed by atoms with Crippen LogP contribution in [0, 0.1) is 0 Å². The van der Waals surface area contributed by atoms with Gasteiger partial charge in [-0.15, -0.1) is 0 Å². The minimum absolute atomic E-state index is 0.619. The molecule has 0 aliphatic carbocycles. The molecule has 24 heavy (non-hydrogen) atoms. The largest absolute Gasteiger partial charge is 0.496 e. The van der Waals surface area contributed by atoms with E-state index in [0.29, 0.717) is 13.2 Å². The number of hydrogen-bond acceptors (Lipinski definition) is 4. The fourth-order valence-electron chi connectivity index (χ4n) is 2.73. The predicted molar refractivity (Wildman–Crippen MR) is 95.8 cm³/mol. The van der Waals surface area contributed by atoms with Gasteiger partial charge in [-0.1, -0.05) is 36.4 Å². The van der Waals surface area contributed by atoms with Crippen LogP contribution in [-0.4, -0.2) is 38.8 Å². The zero-order valence-electron chi connectivity index (χ0n) is 14.2. The molecule has 2 aromatic rings. The van der Waals surface area contributed by atoms with Gasteiger partial charge < -0.3 is 14.2 Å². The quantitative estimate of drug-likeness (QED) is 0.812. The van der Waals surface area contributed by atoms with Crippen molar-refractivity contribution in [2.45, 2.75) is 6.54 Å². The number of likely N-dealkylation sites (N-methyl/N-ethyl adjacent to an activating group) is 1. The molecule has 0 radical (unpaired) electrons. The van der Waals surface area contributed by atoms with E-state index in [4.69, 9.17) is 14.2 Å². The maximum atomic E-state index is 5.64. The Balaban J connectivity index is 1.57. The van der Waals surface area contributed by atoms with Crippen LogP contribution in [0.15, 0.2) is 48.5 Å². The summed E-state index contributed by atoms with van der Waals surface area (Å²) in [4.78, 5) is 2.25. The standard InChI is InChI=1S/C20H23NO3/c1-21(11-5-7-17-6-3-4-8-18(17)22-2)15-16-9-10-19-20(14-16)24-13-12-23-19/h3-10,14H,11-13,15H2,1-2H3/b7-5+. The molecule has 1 heterocycles. The topological polar surface area (TPSA) is 30.9 Å². The van der Waals surface area contributed by atoms with Gasteiger partial charge in [-0.2, -0.15) is 0 Å². The molecule has 0 fully saturated rings. The third kappa shape index (κ3) is 4.09. The molecule has 4 heteroatoms. The molecule has 126 valence electrons. The summed E-state index contributed by atoms with van der Waals surface area (Å²) in [6.07, 6.45) is 4.25. The molecule has 2 aromatic carbocycles. The highest BCUT2D eigenvalue weighted by atomic mass is 16.6. The van der Waals surface area contributed by atoms with Crippen LogP contribution in [0.25, 0.3) is 6.08 Å². The van der Waals surface area contributed by atoms with Gasteiger partial charge in [0.1, 0.15) is 19.0 Å². The zero-order valence-corrected chi connectivity index (χ0v) is 14.2. The van der Waals surface area contributed by atoms with E-state index in [0.717, 1.165) is 35.9 Å². The number of benzene rings is 2. The van der Waals surface area contributed by atoms with Gasteiger partial charge >= 0.3 is 0 Å². The third-order valence-electron chi connectivity index (χ3n) is 3.91. The fourth-order valence-corrected chi connectivity index (χ4v) is 2.73. The maximum Gasteiger partial charge on any atom is 0.161 e. The van der Waals surface area contributed by atoms with Crippen molar-refractivity contribution in [3.63, 3.8) is 0 Å². The van der Waals surface area contributed by atoms with Crippen molar-refractivity contribution in [1.29, 1.82) is 0 Å². The van der Waals surface area contributed by atoms with Crippen molar-refractivity contribution in [2.75, 3.05) is 33.9 Å². The molecule has 0 aromatic heterocycles. The van der Waals surface area contributed by atoms with Gasteiger partial charge in [0.15, 0.2) is 11.5 Å². The summed E-state index contributed by atoms with van der Waals surface area (Å²) < 4.78 is 16.6. The second kappa shape index (κ2) is 7.88. The minimum atomic E-state index is 0.619. The smallest absolute Gasteiger partial charge is 0.161 e. The lowest BCUT2D eigenvalue weighted by atomic mass is 10.1. The first-order valence-corrected chi connectivity index (χ1v) is 8.13. The van der Waals surface area contributed by atoms with Gasteiger partial charge in [-0.05, 0) is 30.8 Å². The summed E-state index contributed by atoms with van der Waals surface area (Å²) in [6.45, 7) is 2.95. The molecular formula is C20H23NO3. The second-order valence-electron chi connectivity index (χ2n) is 5.82. The zero-order chi connectivity index (χ0) is 16.8. The van der Waals surface area contributed by atoms with Crippen molar-refractivity contribution < 1.29 is 14.2 Å².